The van der Waals surface area contributed by atoms with Gasteiger partial charge in [0.05, 0.1) is 0 Å². The average molecular weight is 371 g/mol. The third-order valence-electron chi connectivity index (χ3n) is 5.19. The molecule has 142 valence electrons. The predicted octanol–water partition coefficient (Wildman–Crippen LogP) is 4.01. The number of rotatable bonds is 7. The van der Waals surface area contributed by atoms with Gasteiger partial charge in [0.1, 0.15) is 0 Å². The molecule has 3 aromatic rings. The molecule has 0 heterocycles. The number of nitrogens with two attached hydrogens (primary N) is 1. The second-order valence-electron chi connectivity index (χ2n) is 7.21. The van der Waals surface area contributed by atoms with Crippen LogP contribution in [0, 0.1) is 0 Å². The van der Waals surface area contributed by atoms with Gasteiger partial charge < -0.3 is 16.4 Å². The van der Waals surface area contributed by atoms with E-state index >= 15 is 0 Å². The molecule has 0 bridgehead atoms. The Morgan fingerprint density at radius 1 is 0.893 bits per heavy atom. The molecule has 0 aromatic heterocycles. The molecule has 1 aliphatic rings. The minimum atomic E-state index is -0.0960. The van der Waals surface area contributed by atoms with Crippen LogP contribution in [0.5, 0.6) is 0 Å². The Morgan fingerprint density at radius 3 is 2.25 bits per heavy atom. The number of carbonyl (C=O) groups is 1. The normalized spacial score (nSPS) is 17.9. The molecule has 0 radical (unpaired) electrons. The monoisotopic (exact) mass is 371 g/mol. The third kappa shape index (κ3) is 4.30. The molecule has 1 aliphatic carbocycles. The highest BCUT2D eigenvalue weighted by atomic mass is 16.1. The summed E-state index contributed by atoms with van der Waals surface area (Å²) in [6.07, 6.45) is 1.15. The summed E-state index contributed by atoms with van der Waals surface area (Å²) < 4.78 is 0. The molecule has 0 aliphatic heterocycles. The Labute approximate surface area is 165 Å². The van der Waals surface area contributed by atoms with Gasteiger partial charge in [0.15, 0.2) is 0 Å². The van der Waals surface area contributed by atoms with Gasteiger partial charge in [0, 0.05) is 36.3 Å². The summed E-state index contributed by atoms with van der Waals surface area (Å²) in [4.78, 5) is 12.5. The van der Waals surface area contributed by atoms with Crippen LogP contribution in [0.1, 0.15) is 28.3 Å². The molecule has 4 heteroatoms. The van der Waals surface area contributed by atoms with Crippen LogP contribution in [0.2, 0.25) is 0 Å². The standard InChI is InChI=1S/C24H25N3O/c25-14-15-26-23-16-22(23)19-10-12-21(13-11-19)27-24(28)20-8-6-18(7-9-20)17-4-2-1-3-5-17/h1-13,22-23,26H,14-16,25H2,(H,27,28)/t22-,23+/m0/s1. The van der Waals surface area contributed by atoms with E-state index in [9.17, 15) is 4.79 Å². The molecule has 4 rings (SSSR count). The van der Waals surface area contributed by atoms with Gasteiger partial charge in [-0.25, -0.2) is 0 Å². The van der Waals surface area contributed by atoms with E-state index in [2.05, 4.69) is 34.9 Å². The zero-order valence-electron chi connectivity index (χ0n) is 15.8. The topological polar surface area (TPSA) is 67.2 Å². The Bertz CT molecular complexity index is 920. The summed E-state index contributed by atoms with van der Waals surface area (Å²) in [6.45, 7) is 1.53. The first kappa shape index (κ1) is 18.4. The molecule has 0 saturated heterocycles. The molecule has 3 aromatic carbocycles. The van der Waals surface area contributed by atoms with E-state index in [0.717, 1.165) is 29.8 Å². The summed E-state index contributed by atoms with van der Waals surface area (Å²) in [6, 6.07) is 26.5. The fourth-order valence-corrected chi connectivity index (χ4v) is 3.52. The Morgan fingerprint density at radius 2 is 1.57 bits per heavy atom. The molecule has 4 nitrogen and oxygen atoms in total. The van der Waals surface area contributed by atoms with E-state index in [1.165, 1.54) is 5.56 Å². The smallest absolute Gasteiger partial charge is 0.255 e. The van der Waals surface area contributed by atoms with E-state index in [4.69, 9.17) is 5.73 Å². The Hall–Kier alpha value is -2.95. The maximum atomic E-state index is 12.5. The lowest BCUT2D eigenvalue weighted by atomic mass is 10.0. The number of hydrogen-bond donors (Lipinski definition) is 3. The molecule has 4 N–H and O–H groups in total. The maximum absolute atomic E-state index is 12.5. The summed E-state index contributed by atoms with van der Waals surface area (Å²) in [5, 5.41) is 6.42. The largest absolute Gasteiger partial charge is 0.329 e. The highest BCUT2D eigenvalue weighted by Gasteiger charge is 2.37. The van der Waals surface area contributed by atoms with Gasteiger partial charge in [-0.2, -0.15) is 0 Å². The van der Waals surface area contributed by atoms with Gasteiger partial charge in [-0.1, -0.05) is 54.6 Å². The molecule has 2 atom stereocenters. The van der Waals surface area contributed by atoms with Gasteiger partial charge in [-0.15, -0.1) is 0 Å². The molecule has 28 heavy (non-hydrogen) atoms. The summed E-state index contributed by atoms with van der Waals surface area (Å²) in [7, 11) is 0. The predicted molar refractivity (Wildman–Crippen MR) is 114 cm³/mol. The summed E-state index contributed by atoms with van der Waals surface area (Å²) >= 11 is 0. The number of nitrogens with one attached hydrogen (secondary N) is 2. The fraction of sp³-hybridized carbons (Fsp3) is 0.208. The van der Waals surface area contributed by atoms with E-state index in [1.54, 1.807) is 0 Å². The molecular formula is C24H25N3O. The van der Waals surface area contributed by atoms with Crippen LogP contribution in [-0.4, -0.2) is 25.0 Å². The molecular weight excluding hydrogens is 346 g/mol. The van der Waals surface area contributed by atoms with Gasteiger partial charge in [-0.3, -0.25) is 4.79 Å². The van der Waals surface area contributed by atoms with Crippen molar-refractivity contribution in [3.8, 4) is 11.1 Å². The third-order valence-corrected chi connectivity index (χ3v) is 5.19. The molecule has 1 saturated carbocycles. The Balaban J connectivity index is 1.36. The van der Waals surface area contributed by atoms with Crippen LogP contribution >= 0.6 is 0 Å². The van der Waals surface area contributed by atoms with E-state index in [-0.39, 0.29) is 5.91 Å². The average Bonchev–Trinajstić information content (AvgIpc) is 3.53. The lowest BCUT2D eigenvalue weighted by molar-refractivity contribution is 0.102. The van der Waals surface area contributed by atoms with Crippen LogP contribution in [-0.2, 0) is 0 Å². The second-order valence-corrected chi connectivity index (χ2v) is 7.21. The van der Waals surface area contributed by atoms with Crippen molar-refractivity contribution < 1.29 is 4.79 Å². The molecule has 0 unspecified atom stereocenters. The molecule has 1 fully saturated rings. The molecule has 1 amide bonds. The van der Waals surface area contributed by atoms with Crippen molar-refractivity contribution in [2.75, 3.05) is 18.4 Å². The second kappa shape index (κ2) is 8.38. The zero-order valence-corrected chi connectivity index (χ0v) is 15.8. The Kier molecular flexibility index (Phi) is 5.51. The van der Waals surface area contributed by atoms with Gasteiger partial charge in [0.2, 0.25) is 0 Å². The summed E-state index contributed by atoms with van der Waals surface area (Å²) in [5.41, 5.74) is 10.5. The highest BCUT2D eigenvalue weighted by Crippen LogP contribution is 2.40. The quantitative estimate of drug-likeness (QED) is 0.588. The first-order valence-corrected chi connectivity index (χ1v) is 9.75. The first-order chi connectivity index (χ1) is 13.7. The minimum absolute atomic E-state index is 0.0960. The van der Waals surface area contributed by atoms with Gasteiger partial charge in [-0.05, 0) is 47.4 Å². The van der Waals surface area contributed by atoms with Crippen molar-refractivity contribution in [2.24, 2.45) is 5.73 Å². The number of hydrogen-bond acceptors (Lipinski definition) is 3. The van der Waals surface area contributed by atoms with E-state index < -0.39 is 0 Å². The minimum Gasteiger partial charge on any atom is -0.329 e. The first-order valence-electron chi connectivity index (χ1n) is 9.75. The fourth-order valence-electron chi connectivity index (χ4n) is 3.52. The molecule has 0 spiro atoms. The number of benzene rings is 3. The van der Waals surface area contributed by atoms with Crippen LogP contribution < -0.4 is 16.4 Å². The van der Waals surface area contributed by atoms with Gasteiger partial charge in [0.25, 0.3) is 5.91 Å². The maximum Gasteiger partial charge on any atom is 0.255 e. The van der Waals surface area contributed by atoms with Crippen LogP contribution in [0.15, 0.2) is 78.9 Å². The number of carbonyl (C=O) groups excluding carboxylic acids is 1. The SMILES string of the molecule is NCCN[C@@H]1C[C@H]1c1ccc(NC(=O)c2ccc(-c3ccccc3)cc2)cc1. The number of anilines is 1. The van der Waals surface area contributed by atoms with Crippen molar-refractivity contribution >= 4 is 11.6 Å². The van der Waals surface area contributed by atoms with Gasteiger partial charge >= 0.3 is 0 Å². The highest BCUT2D eigenvalue weighted by molar-refractivity contribution is 6.04. The van der Waals surface area contributed by atoms with Crippen molar-refractivity contribution in [2.45, 2.75) is 18.4 Å². The van der Waals surface area contributed by atoms with Crippen LogP contribution in [0.3, 0.4) is 0 Å². The van der Waals surface area contributed by atoms with Crippen LogP contribution in [0.4, 0.5) is 5.69 Å². The van der Waals surface area contributed by atoms with Crippen molar-refractivity contribution in [3.05, 3.63) is 90.0 Å². The van der Waals surface area contributed by atoms with Crippen molar-refractivity contribution in [1.82, 2.24) is 5.32 Å². The lowest BCUT2D eigenvalue weighted by Gasteiger charge is -2.08. The summed E-state index contributed by atoms with van der Waals surface area (Å²) in [5.74, 6) is 0.461. The lowest BCUT2D eigenvalue weighted by Crippen LogP contribution is -2.25. The van der Waals surface area contributed by atoms with Crippen molar-refractivity contribution in [3.63, 3.8) is 0 Å². The van der Waals surface area contributed by atoms with Crippen LogP contribution in [0.25, 0.3) is 11.1 Å². The van der Waals surface area contributed by atoms with E-state index in [1.807, 2.05) is 54.6 Å². The number of amides is 1. The van der Waals surface area contributed by atoms with E-state index in [0.29, 0.717) is 24.1 Å². The van der Waals surface area contributed by atoms with Crippen molar-refractivity contribution in [1.29, 1.82) is 0 Å². The zero-order chi connectivity index (χ0) is 19.3.